The Morgan fingerprint density at radius 1 is 0.500 bits per heavy atom. The van der Waals surface area contributed by atoms with Gasteiger partial charge in [0.2, 0.25) is 0 Å². The Bertz CT molecular complexity index is 8.75. The number of hydrogen-bond acceptors (Lipinski definition) is 0. The molecule has 0 fully saturated rings. The second-order valence-corrected chi connectivity index (χ2v) is 0. The van der Waals surface area contributed by atoms with Crippen molar-refractivity contribution in [1.82, 2.24) is 0 Å². The van der Waals surface area contributed by atoms with Crippen molar-refractivity contribution in [2.24, 2.45) is 0 Å². The summed E-state index contributed by atoms with van der Waals surface area (Å²) in [7, 11) is 0. The molecule has 0 spiro atoms. The van der Waals surface area contributed by atoms with Gasteiger partial charge in [-0.05, 0) is 0 Å². The zero-order valence-electron chi connectivity index (χ0n) is 3.56. The van der Waals surface area contributed by atoms with E-state index in [-0.39, 0.29) is 153 Å². The van der Waals surface area contributed by atoms with Gasteiger partial charge in [0.1, 0.15) is 0 Å². The molecule has 1 radical (unpaired) electrons. The van der Waals surface area contributed by atoms with Crippen molar-refractivity contribution >= 4 is 0 Å². The van der Waals surface area contributed by atoms with E-state index in [9.17, 15) is 0 Å². The summed E-state index contributed by atoms with van der Waals surface area (Å²) in [6.45, 7) is 0. The van der Waals surface area contributed by atoms with Crippen molar-refractivity contribution in [3.8, 4) is 0 Å². The third kappa shape index (κ3) is 24.2. The van der Waals surface area contributed by atoms with Gasteiger partial charge in [0.25, 0.3) is 0 Å². The SMILES string of the molecule is [Ir+4].[O-2].[O-2].[O-2].[Rb+].[Rb+]. The smallest absolute Gasteiger partial charge is 2.00 e. The maximum absolute atomic E-state index is 0. The molecule has 3 nitrogen and oxygen atoms in total. The third-order valence-electron chi connectivity index (χ3n) is 0. The van der Waals surface area contributed by atoms with Crippen molar-refractivity contribution < 1.29 is 153 Å². The standard InChI is InChI=1S/Ir.3O.2Rb/q+4;3*-2;2*+1. The Morgan fingerprint density at radius 2 is 0.500 bits per heavy atom. The van der Waals surface area contributed by atoms with E-state index in [2.05, 4.69) is 0 Å². The average molecular weight is 411 g/mol. The fourth-order valence-corrected chi connectivity index (χ4v) is 0. The molecule has 0 aliphatic carbocycles. The van der Waals surface area contributed by atoms with Crippen LogP contribution in [0.25, 0.3) is 0 Å². The topological polar surface area (TPSA) is 85.5 Å². The van der Waals surface area contributed by atoms with Crippen molar-refractivity contribution in [3.05, 3.63) is 0 Å². The molecular formula is IrO3Rb2. The van der Waals surface area contributed by atoms with Crippen LogP contribution in [-0.4, -0.2) is 0 Å². The molecule has 6 heavy (non-hydrogen) atoms. The second kappa shape index (κ2) is 35.3. The van der Waals surface area contributed by atoms with Crippen LogP contribution in [0.15, 0.2) is 0 Å². The molecule has 0 atom stereocenters. The molecule has 0 saturated heterocycles. The van der Waals surface area contributed by atoms with Crippen LogP contribution in [0.3, 0.4) is 0 Å². The van der Waals surface area contributed by atoms with Gasteiger partial charge in [0, 0.05) is 0 Å². The molecule has 0 aliphatic rings. The van der Waals surface area contributed by atoms with Crippen LogP contribution in [0.5, 0.6) is 0 Å². The van der Waals surface area contributed by atoms with Crippen LogP contribution in [0.1, 0.15) is 0 Å². The van der Waals surface area contributed by atoms with Crippen LogP contribution in [0.4, 0.5) is 0 Å². The summed E-state index contributed by atoms with van der Waals surface area (Å²) in [5, 5.41) is 0. The van der Waals surface area contributed by atoms with Gasteiger partial charge in [0.15, 0.2) is 0 Å². The zero-order valence-corrected chi connectivity index (χ0v) is 15.8. The van der Waals surface area contributed by atoms with Crippen molar-refractivity contribution in [3.63, 3.8) is 0 Å². The summed E-state index contributed by atoms with van der Waals surface area (Å²) in [6, 6.07) is 0. The molecule has 0 bridgehead atoms. The van der Waals surface area contributed by atoms with Crippen LogP contribution in [-0.2, 0) is 36.5 Å². The minimum Gasteiger partial charge on any atom is -2.00 e. The van der Waals surface area contributed by atoms with Gasteiger partial charge in [-0.15, -0.1) is 0 Å². The molecule has 0 heterocycles. The van der Waals surface area contributed by atoms with Crippen molar-refractivity contribution in [1.29, 1.82) is 0 Å². The van der Waals surface area contributed by atoms with E-state index in [0.717, 1.165) is 0 Å². The predicted octanol–water partition coefficient (Wildman–Crippen LogP) is -6.35. The van der Waals surface area contributed by atoms with Crippen LogP contribution >= 0.6 is 0 Å². The first-order valence-corrected chi connectivity index (χ1v) is 0. The number of hydrogen-bond donors (Lipinski definition) is 0. The summed E-state index contributed by atoms with van der Waals surface area (Å²) < 4.78 is 0. The first kappa shape index (κ1) is 49.4. The molecular weight excluding hydrogens is 411 g/mol. The molecule has 6 heteroatoms. The van der Waals surface area contributed by atoms with Crippen LogP contribution in [0, 0.1) is 0 Å². The predicted molar refractivity (Wildman–Crippen MR) is 2.06 cm³/mol. The van der Waals surface area contributed by atoms with Crippen LogP contribution < -0.4 is 116 Å². The van der Waals surface area contributed by atoms with Gasteiger partial charge in [-0.25, -0.2) is 0 Å². The molecule has 0 aliphatic heterocycles. The average Bonchev–Trinajstić information content (AvgIpc) is 0. The van der Waals surface area contributed by atoms with Gasteiger partial charge in [-0.2, -0.15) is 0 Å². The Hall–Kier alpha value is 4.14. The number of rotatable bonds is 0. The molecule has 29 valence electrons. The molecule has 0 unspecified atom stereocenters. The molecule has 0 amide bonds. The molecule has 0 saturated carbocycles. The van der Waals surface area contributed by atoms with E-state index in [4.69, 9.17) is 0 Å². The van der Waals surface area contributed by atoms with Gasteiger partial charge in [-0.3, -0.25) is 0 Å². The quantitative estimate of drug-likeness (QED) is 0.380. The summed E-state index contributed by atoms with van der Waals surface area (Å²) in [5.41, 5.74) is 0. The van der Waals surface area contributed by atoms with E-state index in [1.165, 1.54) is 0 Å². The van der Waals surface area contributed by atoms with E-state index < -0.39 is 0 Å². The Kier molecular flexibility index (Phi) is 291. The zero-order chi connectivity index (χ0) is 0. The van der Waals surface area contributed by atoms with E-state index in [1.807, 2.05) is 0 Å². The first-order valence-electron chi connectivity index (χ1n) is 0. The maximum atomic E-state index is 0. The summed E-state index contributed by atoms with van der Waals surface area (Å²) in [5.74, 6) is 0. The molecule has 0 aromatic rings. The Labute approximate surface area is 148 Å². The Balaban J connectivity index is 0. The second-order valence-electron chi connectivity index (χ2n) is 0. The Morgan fingerprint density at radius 3 is 0.500 bits per heavy atom. The van der Waals surface area contributed by atoms with E-state index >= 15 is 0 Å². The molecule has 0 N–H and O–H groups in total. The third-order valence-corrected chi connectivity index (χ3v) is 0. The van der Waals surface area contributed by atoms with E-state index in [1.54, 1.807) is 0 Å². The normalized spacial score (nSPS) is 0. The monoisotopic (exact) mass is 411 g/mol. The minimum atomic E-state index is 0. The minimum absolute atomic E-state index is 0. The summed E-state index contributed by atoms with van der Waals surface area (Å²) in [4.78, 5) is 0. The van der Waals surface area contributed by atoms with Gasteiger partial charge in [-0.1, -0.05) is 0 Å². The fourth-order valence-electron chi connectivity index (χ4n) is 0. The molecule has 0 aromatic carbocycles. The molecule has 0 rings (SSSR count). The maximum Gasteiger partial charge on any atom is 4.00 e. The van der Waals surface area contributed by atoms with Crippen LogP contribution in [0.2, 0.25) is 0 Å². The summed E-state index contributed by atoms with van der Waals surface area (Å²) in [6.07, 6.45) is 0. The summed E-state index contributed by atoms with van der Waals surface area (Å²) >= 11 is 0. The van der Waals surface area contributed by atoms with Gasteiger partial charge >= 0.3 is 136 Å². The first-order chi connectivity index (χ1) is 0. The largest absolute Gasteiger partial charge is 4.00 e. The van der Waals surface area contributed by atoms with Crippen molar-refractivity contribution in [2.75, 3.05) is 0 Å². The van der Waals surface area contributed by atoms with Gasteiger partial charge < -0.3 is 16.4 Å². The van der Waals surface area contributed by atoms with Crippen molar-refractivity contribution in [2.45, 2.75) is 0 Å². The fraction of sp³-hybridized carbons (Fsp3) is 0. The van der Waals surface area contributed by atoms with Gasteiger partial charge in [0.05, 0.1) is 0 Å². The van der Waals surface area contributed by atoms with E-state index in [0.29, 0.717) is 0 Å². The molecule has 0 aromatic heterocycles.